The van der Waals surface area contributed by atoms with Gasteiger partial charge in [-0.1, -0.05) is 63.8 Å². The summed E-state index contributed by atoms with van der Waals surface area (Å²) >= 11 is 0. The number of ether oxygens (including phenoxy) is 1. The molecule has 0 bridgehead atoms. The Labute approximate surface area is 215 Å². The van der Waals surface area contributed by atoms with Crippen LogP contribution in [0.3, 0.4) is 0 Å². The van der Waals surface area contributed by atoms with Gasteiger partial charge in [0.1, 0.15) is 23.4 Å². The summed E-state index contributed by atoms with van der Waals surface area (Å²) in [6.07, 6.45) is 6.43. The van der Waals surface area contributed by atoms with E-state index in [4.69, 9.17) is 4.74 Å². The number of alkyl carbamates (subject to hydrolysis) is 1. The molecule has 0 aliphatic heterocycles. The quantitative estimate of drug-likeness (QED) is 0.398. The first-order valence-corrected chi connectivity index (χ1v) is 13.0. The van der Waals surface area contributed by atoms with Gasteiger partial charge in [-0.15, -0.1) is 6.58 Å². The van der Waals surface area contributed by atoms with Crippen molar-refractivity contribution in [1.29, 1.82) is 0 Å². The zero-order valence-corrected chi connectivity index (χ0v) is 22.4. The highest BCUT2D eigenvalue weighted by Gasteiger charge is 2.39. The van der Waals surface area contributed by atoms with Gasteiger partial charge in [-0.2, -0.15) is 0 Å². The number of para-hydroxylation sites is 1. The monoisotopic (exact) mass is 501 g/mol. The van der Waals surface area contributed by atoms with Gasteiger partial charge in [-0.05, 0) is 45.6 Å². The van der Waals surface area contributed by atoms with Gasteiger partial charge in [-0.25, -0.2) is 4.79 Å². The normalized spacial score (nSPS) is 16.8. The highest BCUT2D eigenvalue weighted by atomic mass is 16.6. The van der Waals surface area contributed by atoms with Crippen LogP contribution in [-0.4, -0.2) is 52.1 Å². The van der Waals surface area contributed by atoms with Crippen molar-refractivity contribution in [1.82, 2.24) is 15.5 Å². The zero-order chi connectivity index (χ0) is 26.9. The Balaban J connectivity index is 2.45. The van der Waals surface area contributed by atoms with Crippen LogP contribution in [0.5, 0.6) is 5.75 Å². The van der Waals surface area contributed by atoms with Crippen LogP contribution >= 0.6 is 0 Å². The van der Waals surface area contributed by atoms with Crippen molar-refractivity contribution in [2.45, 2.75) is 96.9 Å². The molecule has 200 valence electrons. The van der Waals surface area contributed by atoms with E-state index < -0.39 is 29.7 Å². The molecule has 1 aliphatic carbocycles. The van der Waals surface area contributed by atoms with Gasteiger partial charge in [0.05, 0.1) is 0 Å². The molecule has 0 radical (unpaired) electrons. The molecule has 0 heterocycles. The summed E-state index contributed by atoms with van der Waals surface area (Å²) in [6, 6.07) is 4.52. The molecule has 0 saturated heterocycles. The Morgan fingerprint density at radius 3 is 2.39 bits per heavy atom. The maximum atomic E-state index is 14.0. The van der Waals surface area contributed by atoms with Crippen LogP contribution < -0.4 is 10.6 Å². The summed E-state index contributed by atoms with van der Waals surface area (Å²) in [4.78, 5) is 41.7. The number of amides is 3. The SMILES string of the molecule is C=CCN(C(=O)C(NC(=O)OC(C)(C)C)C(C)CC)C(C(=O)NC1CCCCC1)c1ccccc1O. The van der Waals surface area contributed by atoms with Gasteiger partial charge in [0, 0.05) is 18.2 Å². The second-order valence-corrected chi connectivity index (χ2v) is 10.6. The van der Waals surface area contributed by atoms with Gasteiger partial charge in [-0.3, -0.25) is 9.59 Å². The van der Waals surface area contributed by atoms with E-state index in [9.17, 15) is 19.5 Å². The van der Waals surface area contributed by atoms with E-state index in [1.807, 2.05) is 13.8 Å². The first kappa shape index (κ1) is 29.2. The topological polar surface area (TPSA) is 108 Å². The molecule has 1 aromatic rings. The Bertz CT molecular complexity index is 905. The second-order valence-electron chi connectivity index (χ2n) is 10.6. The lowest BCUT2D eigenvalue weighted by atomic mass is 9.93. The van der Waals surface area contributed by atoms with Gasteiger partial charge < -0.3 is 25.4 Å². The number of carbonyl (C=O) groups is 3. The number of phenols is 1. The number of nitrogens with one attached hydrogen (secondary N) is 2. The fourth-order valence-corrected chi connectivity index (χ4v) is 4.45. The van der Waals surface area contributed by atoms with E-state index in [1.54, 1.807) is 45.0 Å². The summed E-state index contributed by atoms with van der Waals surface area (Å²) in [6.45, 7) is 12.9. The van der Waals surface area contributed by atoms with E-state index in [0.29, 0.717) is 12.0 Å². The first-order valence-electron chi connectivity index (χ1n) is 13.0. The smallest absolute Gasteiger partial charge is 0.408 e. The van der Waals surface area contributed by atoms with Crippen LogP contribution in [0, 0.1) is 5.92 Å². The van der Waals surface area contributed by atoms with Gasteiger partial charge in [0.2, 0.25) is 11.8 Å². The molecular weight excluding hydrogens is 458 g/mol. The van der Waals surface area contributed by atoms with Crippen LogP contribution in [0.15, 0.2) is 36.9 Å². The Morgan fingerprint density at radius 1 is 1.19 bits per heavy atom. The predicted molar refractivity (Wildman–Crippen MR) is 140 cm³/mol. The van der Waals surface area contributed by atoms with Crippen molar-refractivity contribution in [2.75, 3.05) is 6.54 Å². The molecule has 3 amide bonds. The van der Waals surface area contributed by atoms with E-state index in [-0.39, 0.29) is 30.2 Å². The highest BCUT2D eigenvalue weighted by molar-refractivity contribution is 5.93. The Hall–Kier alpha value is -3.03. The third kappa shape index (κ3) is 8.28. The molecule has 36 heavy (non-hydrogen) atoms. The molecule has 0 aromatic heterocycles. The summed E-state index contributed by atoms with van der Waals surface area (Å²) in [7, 11) is 0. The zero-order valence-electron chi connectivity index (χ0n) is 22.4. The Morgan fingerprint density at radius 2 is 1.83 bits per heavy atom. The molecule has 1 aliphatic rings. The molecule has 0 spiro atoms. The molecule has 1 fully saturated rings. The Kier molecular flexibility index (Phi) is 10.8. The van der Waals surface area contributed by atoms with Crippen LogP contribution in [0.4, 0.5) is 4.79 Å². The molecule has 3 atom stereocenters. The first-order chi connectivity index (χ1) is 17.0. The van der Waals surface area contributed by atoms with Gasteiger partial charge in [0.25, 0.3) is 0 Å². The van der Waals surface area contributed by atoms with Crippen LogP contribution in [0.1, 0.15) is 84.7 Å². The molecule has 2 rings (SSSR count). The third-order valence-electron chi connectivity index (χ3n) is 6.50. The number of hydrogen-bond donors (Lipinski definition) is 3. The molecule has 3 N–H and O–H groups in total. The number of hydrogen-bond acceptors (Lipinski definition) is 5. The predicted octanol–water partition coefficient (Wildman–Crippen LogP) is 4.84. The van der Waals surface area contributed by atoms with E-state index >= 15 is 0 Å². The lowest BCUT2D eigenvalue weighted by Gasteiger charge is -2.36. The number of rotatable bonds is 10. The van der Waals surface area contributed by atoms with Crippen LogP contribution in [0.25, 0.3) is 0 Å². The number of phenolic OH excluding ortho intramolecular Hbond substituents is 1. The minimum Gasteiger partial charge on any atom is -0.508 e. The van der Waals surface area contributed by atoms with Crippen molar-refractivity contribution in [3.8, 4) is 5.75 Å². The minimum absolute atomic E-state index is 0.0190. The molecule has 8 heteroatoms. The largest absolute Gasteiger partial charge is 0.508 e. The average Bonchev–Trinajstić information content (AvgIpc) is 2.82. The minimum atomic E-state index is -1.09. The summed E-state index contributed by atoms with van der Waals surface area (Å²) in [5.74, 6) is -1.12. The second kappa shape index (κ2) is 13.3. The molecule has 8 nitrogen and oxygen atoms in total. The van der Waals surface area contributed by atoms with Crippen molar-refractivity contribution in [3.05, 3.63) is 42.5 Å². The average molecular weight is 502 g/mol. The van der Waals surface area contributed by atoms with Crippen molar-refractivity contribution in [2.24, 2.45) is 5.92 Å². The number of aromatic hydroxyl groups is 1. The molecule has 3 unspecified atom stereocenters. The van der Waals surface area contributed by atoms with Gasteiger partial charge >= 0.3 is 6.09 Å². The fraction of sp³-hybridized carbons (Fsp3) is 0.607. The van der Waals surface area contributed by atoms with E-state index in [1.165, 1.54) is 11.0 Å². The lowest BCUT2D eigenvalue weighted by molar-refractivity contribution is -0.143. The lowest BCUT2D eigenvalue weighted by Crippen LogP contribution is -2.55. The molecule has 1 saturated carbocycles. The van der Waals surface area contributed by atoms with Crippen molar-refractivity contribution < 1.29 is 24.2 Å². The highest BCUT2D eigenvalue weighted by Crippen LogP contribution is 2.31. The van der Waals surface area contributed by atoms with Crippen molar-refractivity contribution in [3.63, 3.8) is 0 Å². The van der Waals surface area contributed by atoms with Crippen molar-refractivity contribution >= 4 is 17.9 Å². The standard InChI is InChI=1S/C28H43N3O5/c1-7-18-31(26(34)23(19(3)8-2)30-27(35)36-28(4,5)6)24(21-16-12-13-17-22(21)32)25(33)29-20-14-10-9-11-15-20/h7,12-13,16-17,19-20,23-24,32H,1,8-11,14-15,18H2,2-6H3,(H,29,33)(H,30,35). The summed E-state index contributed by atoms with van der Waals surface area (Å²) in [5.41, 5.74) is -0.409. The fourth-order valence-electron chi connectivity index (χ4n) is 4.45. The van der Waals surface area contributed by atoms with E-state index in [0.717, 1.165) is 32.1 Å². The number of benzene rings is 1. The maximum Gasteiger partial charge on any atom is 0.408 e. The summed E-state index contributed by atoms with van der Waals surface area (Å²) in [5, 5.41) is 16.5. The van der Waals surface area contributed by atoms with Gasteiger partial charge in [0.15, 0.2) is 0 Å². The summed E-state index contributed by atoms with van der Waals surface area (Å²) < 4.78 is 5.40. The maximum absolute atomic E-state index is 14.0. The van der Waals surface area contributed by atoms with Crippen LogP contribution in [-0.2, 0) is 14.3 Å². The molecule has 1 aromatic carbocycles. The number of nitrogens with zero attached hydrogens (tertiary/aromatic N) is 1. The van der Waals surface area contributed by atoms with E-state index in [2.05, 4.69) is 17.2 Å². The van der Waals surface area contributed by atoms with Crippen LogP contribution in [0.2, 0.25) is 0 Å². The molecular formula is C28H43N3O5. The number of carbonyl (C=O) groups excluding carboxylic acids is 3. The third-order valence-corrected chi connectivity index (χ3v) is 6.50.